The molecule has 0 spiro atoms. The second-order valence-electron chi connectivity index (χ2n) is 14.4. The number of nitriles is 1. The van der Waals surface area contributed by atoms with Gasteiger partial charge in [0.05, 0.1) is 28.7 Å². The number of nitrogens with zero attached hydrogens (tertiary/aromatic N) is 7. The maximum Gasteiger partial charge on any atom is 0.387 e. The molecular weight excluding hydrogens is 760 g/mol. The molecule has 0 bridgehead atoms. The van der Waals surface area contributed by atoms with Gasteiger partial charge in [-0.3, -0.25) is 19.6 Å². The Hall–Kier alpha value is -6.22. The van der Waals surface area contributed by atoms with Gasteiger partial charge in [-0.25, -0.2) is 23.7 Å². The van der Waals surface area contributed by atoms with E-state index in [1.54, 1.807) is 48.7 Å². The summed E-state index contributed by atoms with van der Waals surface area (Å²) < 4.78 is 66.0. The van der Waals surface area contributed by atoms with E-state index in [4.69, 9.17) is 9.15 Å². The number of aliphatic hydroxyl groups is 1. The third-order valence-corrected chi connectivity index (χ3v) is 10.5. The lowest BCUT2D eigenvalue weighted by Crippen LogP contribution is -2.23. The van der Waals surface area contributed by atoms with Gasteiger partial charge in [-0.1, -0.05) is 24.3 Å². The first-order valence-electron chi connectivity index (χ1n) is 18.5. The molecule has 13 nitrogen and oxygen atoms in total. The summed E-state index contributed by atoms with van der Waals surface area (Å²) in [5, 5.41) is 33.0. The molecule has 2 unspecified atom stereocenters. The van der Waals surface area contributed by atoms with Gasteiger partial charge in [0.25, 0.3) is 6.43 Å². The summed E-state index contributed by atoms with van der Waals surface area (Å²) in [6.45, 7) is 1.27. The van der Waals surface area contributed by atoms with Crippen LogP contribution in [0.15, 0.2) is 65.2 Å². The summed E-state index contributed by atoms with van der Waals surface area (Å²) in [7, 11) is 0. The highest BCUT2D eigenvalue weighted by Crippen LogP contribution is 2.39. The molecule has 3 aromatic heterocycles. The Morgan fingerprint density at radius 2 is 1.74 bits per heavy atom. The number of oxazole rings is 1. The number of aliphatic carboxylic acids is 1. The van der Waals surface area contributed by atoms with E-state index in [1.807, 2.05) is 17.9 Å². The number of hydrogen-bond acceptors (Lipinski definition) is 12. The van der Waals surface area contributed by atoms with E-state index < -0.39 is 36.9 Å². The van der Waals surface area contributed by atoms with E-state index in [0.29, 0.717) is 78.0 Å². The van der Waals surface area contributed by atoms with E-state index in [1.165, 1.54) is 6.07 Å². The molecule has 2 fully saturated rings. The molecule has 0 aliphatic carbocycles. The van der Waals surface area contributed by atoms with E-state index in [-0.39, 0.29) is 52.7 Å². The van der Waals surface area contributed by atoms with Crippen LogP contribution in [0.5, 0.6) is 5.75 Å². The molecule has 0 amide bonds. The molecule has 0 radical (unpaired) electrons. The number of carbonyl (C=O) groups is 1. The molecular formula is C41H36F4N8O5. The average Bonchev–Trinajstić information content (AvgIpc) is 3.95. The molecule has 0 saturated carbocycles. The number of β-amino-alcohol motifs (C(OH)–C–C–N with tert-alkyl or cyclic N) is 1. The highest BCUT2D eigenvalue weighted by atomic mass is 19.3. The highest BCUT2D eigenvalue weighted by Gasteiger charge is 2.29. The van der Waals surface area contributed by atoms with Crippen LogP contribution in [0.3, 0.4) is 0 Å². The van der Waals surface area contributed by atoms with Gasteiger partial charge >= 0.3 is 12.6 Å². The topological polar surface area (TPSA) is 174 Å². The zero-order valence-corrected chi connectivity index (χ0v) is 31.0. The van der Waals surface area contributed by atoms with Crippen molar-refractivity contribution >= 4 is 39.6 Å². The van der Waals surface area contributed by atoms with Crippen molar-refractivity contribution in [3.05, 3.63) is 88.9 Å². The average molecular weight is 797 g/mol. The van der Waals surface area contributed by atoms with Gasteiger partial charge in [0.2, 0.25) is 5.89 Å². The molecule has 5 heterocycles. The number of anilines is 2. The predicted molar refractivity (Wildman–Crippen MR) is 203 cm³/mol. The summed E-state index contributed by atoms with van der Waals surface area (Å²) in [5.74, 6) is -2.13. The number of aromatic nitrogens is 4. The van der Waals surface area contributed by atoms with Crippen LogP contribution < -0.4 is 10.1 Å². The van der Waals surface area contributed by atoms with Crippen LogP contribution in [0, 0.1) is 24.2 Å². The van der Waals surface area contributed by atoms with Crippen LogP contribution in [0.2, 0.25) is 0 Å². The van der Waals surface area contributed by atoms with Gasteiger partial charge in [-0.05, 0) is 67.3 Å². The quantitative estimate of drug-likeness (QED) is 0.104. The summed E-state index contributed by atoms with van der Waals surface area (Å²) in [6.07, 6.45) is -0.627. The number of halogens is 4. The minimum absolute atomic E-state index is 0.0610. The van der Waals surface area contributed by atoms with E-state index in [2.05, 4.69) is 36.2 Å². The molecule has 8 rings (SSSR count). The number of benzene rings is 3. The van der Waals surface area contributed by atoms with Gasteiger partial charge in [-0.2, -0.15) is 14.0 Å². The number of alkyl halides is 4. The normalized spacial score (nSPS) is 17.5. The first kappa shape index (κ1) is 38.6. The second-order valence-corrected chi connectivity index (χ2v) is 14.4. The first-order valence-corrected chi connectivity index (χ1v) is 18.5. The van der Waals surface area contributed by atoms with Gasteiger partial charge < -0.3 is 24.7 Å². The summed E-state index contributed by atoms with van der Waals surface area (Å²) in [6, 6.07) is 17.3. The van der Waals surface area contributed by atoms with Crippen molar-refractivity contribution in [2.75, 3.05) is 31.5 Å². The number of carboxylic acids is 1. The molecule has 2 atom stereocenters. The summed E-state index contributed by atoms with van der Waals surface area (Å²) in [4.78, 5) is 32.8. The van der Waals surface area contributed by atoms with Crippen LogP contribution in [0.4, 0.5) is 29.1 Å². The van der Waals surface area contributed by atoms with Crippen molar-refractivity contribution < 1.29 is 41.7 Å². The van der Waals surface area contributed by atoms with Crippen molar-refractivity contribution in [2.45, 2.75) is 52.0 Å². The molecule has 3 N–H and O–H groups in total. The Morgan fingerprint density at radius 1 is 0.983 bits per heavy atom. The Kier molecular flexibility index (Phi) is 10.6. The number of likely N-dealkylation sites (tertiary alicyclic amines) is 2. The van der Waals surface area contributed by atoms with E-state index in [9.17, 15) is 37.8 Å². The van der Waals surface area contributed by atoms with Crippen LogP contribution in [-0.4, -0.2) is 84.8 Å². The number of hydrogen-bond donors (Lipinski definition) is 3. The Morgan fingerprint density at radius 3 is 2.47 bits per heavy atom. The third kappa shape index (κ3) is 7.86. The van der Waals surface area contributed by atoms with Crippen molar-refractivity contribution in [2.24, 2.45) is 5.92 Å². The molecule has 2 aliphatic rings. The largest absolute Gasteiger partial charge is 0.481 e. The van der Waals surface area contributed by atoms with Crippen molar-refractivity contribution in [3.8, 4) is 34.4 Å². The molecule has 298 valence electrons. The Balaban J connectivity index is 1.12. The molecule has 58 heavy (non-hydrogen) atoms. The van der Waals surface area contributed by atoms with Crippen molar-refractivity contribution in [1.29, 1.82) is 5.26 Å². The lowest BCUT2D eigenvalue weighted by atomic mass is 9.92. The minimum atomic E-state index is -3.12. The molecule has 3 aromatic carbocycles. The minimum Gasteiger partial charge on any atom is -0.481 e. The zero-order valence-electron chi connectivity index (χ0n) is 31.0. The molecule has 2 aliphatic heterocycles. The number of aliphatic hydroxyl groups excluding tert-OH is 1. The van der Waals surface area contributed by atoms with Gasteiger partial charge in [0, 0.05) is 61.8 Å². The van der Waals surface area contributed by atoms with Crippen LogP contribution in [0.25, 0.3) is 44.7 Å². The number of pyridine rings is 1. The Labute approximate surface area is 328 Å². The summed E-state index contributed by atoms with van der Waals surface area (Å²) in [5.41, 5.74) is 5.00. The maximum absolute atomic E-state index is 14.1. The van der Waals surface area contributed by atoms with Crippen molar-refractivity contribution in [3.63, 3.8) is 0 Å². The predicted octanol–water partition coefficient (Wildman–Crippen LogP) is 7.44. The second kappa shape index (κ2) is 16.0. The fraction of sp³-hybridized carbons (Fsp3) is 0.317. The fourth-order valence-electron chi connectivity index (χ4n) is 7.69. The molecule has 6 aromatic rings. The fourth-order valence-corrected chi connectivity index (χ4v) is 7.69. The SMILES string of the molecule is Cc1c(Nc2nc(C(F)F)nc3cc(CN4CCC(O)C4)cnc23)cccc1-c1cccc(-c2nc3cc(CN4CCC(C(=O)O)C4)c(OC(F)F)cc3o2)c1C#N. The summed E-state index contributed by atoms with van der Waals surface area (Å²) >= 11 is 0. The van der Waals surface area contributed by atoms with Gasteiger partial charge in [0.15, 0.2) is 17.2 Å². The van der Waals surface area contributed by atoms with E-state index >= 15 is 0 Å². The van der Waals surface area contributed by atoms with Crippen molar-refractivity contribution in [1.82, 2.24) is 29.7 Å². The van der Waals surface area contributed by atoms with Gasteiger partial charge in [-0.15, -0.1) is 0 Å². The van der Waals surface area contributed by atoms with Crippen LogP contribution in [-0.2, 0) is 17.9 Å². The standard InChI is InChI=1S/C41H36F4N8O5/c1-21-26(4-3-7-30(21)48-37-35-32(49-38(51-37)36(42)43)12-22(16-47-35)17-52-11-9-25(54)20-52)27-5-2-6-28(29(27)15-46)39-50-31-13-24(19-53-10-8-23(18-53)40(55)56)33(58-41(44)45)14-34(31)57-39/h2-7,12-14,16,23,25,36,41,54H,8-11,17-20H2,1H3,(H,55,56)(H,48,49,51). The van der Waals surface area contributed by atoms with Gasteiger partial charge in [0.1, 0.15) is 22.9 Å². The van der Waals surface area contributed by atoms with Crippen LogP contribution in [0.1, 0.15) is 47.3 Å². The number of rotatable bonds is 12. The Bertz CT molecular complexity index is 2580. The number of carboxylic acid groups (broad SMARTS) is 1. The lowest BCUT2D eigenvalue weighted by molar-refractivity contribution is -0.141. The smallest absolute Gasteiger partial charge is 0.387 e. The first-order chi connectivity index (χ1) is 27.9. The molecule has 17 heteroatoms. The highest BCUT2D eigenvalue weighted by molar-refractivity contribution is 5.90. The van der Waals surface area contributed by atoms with E-state index in [0.717, 1.165) is 5.56 Å². The lowest BCUT2D eigenvalue weighted by Gasteiger charge is -2.17. The maximum atomic E-state index is 14.1. The van der Waals surface area contributed by atoms with Crippen LogP contribution >= 0.6 is 0 Å². The number of ether oxygens (including phenoxy) is 1. The monoisotopic (exact) mass is 796 g/mol. The molecule has 2 saturated heterocycles. The number of fused-ring (bicyclic) bond motifs is 2. The zero-order chi connectivity index (χ0) is 40.7. The number of nitrogens with one attached hydrogen (secondary N) is 1. The third-order valence-electron chi connectivity index (χ3n) is 10.5.